The third kappa shape index (κ3) is 3.64. The van der Waals surface area contributed by atoms with Crippen LogP contribution in [0.3, 0.4) is 0 Å². The number of nitrogens with one attached hydrogen (secondary N) is 2. The van der Waals surface area contributed by atoms with Crippen molar-refractivity contribution >= 4 is 34.6 Å². The van der Waals surface area contributed by atoms with Crippen LogP contribution in [0.1, 0.15) is 5.56 Å². The first-order chi connectivity index (χ1) is 11.2. The van der Waals surface area contributed by atoms with Crippen molar-refractivity contribution < 1.29 is 0 Å². The average molecular weight is 328 g/mol. The van der Waals surface area contributed by atoms with E-state index in [1.807, 2.05) is 12.1 Å². The quantitative estimate of drug-likeness (QED) is 0.619. The summed E-state index contributed by atoms with van der Waals surface area (Å²) in [5, 5.41) is 6.56. The second-order valence-corrected chi connectivity index (χ2v) is 5.02. The Morgan fingerprint density at radius 2 is 1.87 bits per heavy atom. The van der Waals surface area contributed by atoms with Gasteiger partial charge in [0.1, 0.15) is 12.0 Å². The molecule has 4 N–H and O–H groups in total. The summed E-state index contributed by atoms with van der Waals surface area (Å²) >= 11 is 6.03. The largest absolute Gasteiger partial charge is 0.393 e. The van der Waals surface area contributed by atoms with Crippen LogP contribution in [0.5, 0.6) is 0 Å². The van der Waals surface area contributed by atoms with Gasteiger partial charge in [-0.1, -0.05) is 17.7 Å². The lowest BCUT2D eigenvalue weighted by Gasteiger charge is -2.12. The molecule has 3 rings (SSSR count). The lowest BCUT2D eigenvalue weighted by Crippen LogP contribution is -2.08. The van der Waals surface area contributed by atoms with E-state index in [-0.39, 0.29) is 0 Å². The maximum absolute atomic E-state index is 6.12. The Morgan fingerprint density at radius 3 is 2.65 bits per heavy atom. The molecule has 0 aliphatic rings. The van der Waals surface area contributed by atoms with Crippen molar-refractivity contribution in [2.45, 2.75) is 6.54 Å². The van der Waals surface area contributed by atoms with Gasteiger partial charge in [-0.15, -0.1) is 0 Å². The number of nitrogens with two attached hydrogens (primary N) is 1. The zero-order valence-corrected chi connectivity index (χ0v) is 12.8. The fourth-order valence-electron chi connectivity index (χ4n) is 1.93. The predicted molar refractivity (Wildman–Crippen MR) is 90.5 cm³/mol. The van der Waals surface area contributed by atoms with E-state index in [4.69, 9.17) is 17.3 Å². The van der Waals surface area contributed by atoms with Gasteiger partial charge in [0.05, 0.1) is 5.69 Å². The number of hydrogen-bond acceptors (Lipinski definition) is 7. The van der Waals surface area contributed by atoms with Crippen LogP contribution in [-0.4, -0.2) is 19.9 Å². The smallest absolute Gasteiger partial charge is 0.159 e. The number of anilines is 4. The molecule has 0 atom stereocenters. The number of hydrogen-bond donors (Lipinski definition) is 3. The van der Waals surface area contributed by atoms with E-state index in [1.54, 1.807) is 30.7 Å². The lowest BCUT2D eigenvalue weighted by molar-refractivity contribution is 1.07. The molecule has 0 saturated heterocycles. The number of aromatic nitrogens is 4. The summed E-state index contributed by atoms with van der Waals surface area (Å²) in [6.07, 6.45) is 6.54. The van der Waals surface area contributed by atoms with Gasteiger partial charge in [-0.05, 0) is 23.8 Å². The first-order valence-corrected chi connectivity index (χ1v) is 7.22. The first kappa shape index (κ1) is 15.0. The molecule has 0 aromatic carbocycles. The zero-order chi connectivity index (χ0) is 16.1. The van der Waals surface area contributed by atoms with Crippen LogP contribution >= 0.6 is 11.6 Å². The number of pyridine rings is 2. The monoisotopic (exact) mass is 327 g/mol. The zero-order valence-electron chi connectivity index (χ0n) is 12.1. The fraction of sp³-hybridized carbons (Fsp3) is 0.0667. The van der Waals surface area contributed by atoms with Crippen molar-refractivity contribution in [1.82, 2.24) is 19.9 Å². The van der Waals surface area contributed by atoms with Crippen molar-refractivity contribution in [2.75, 3.05) is 16.4 Å². The summed E-state index contributed by atoms with van der Waals surface area (Å²) in [5.41, 5.74) is 8.16. The second-order valence-electron chi connectivity index (χ2n) is 4.67. The molecule has 3 aromatic rings. The van der Waals surface area contributed by atoms with Crippen LogP contribution in [0.15, 0.2) is 49.2 Å². The van der Waals surface area contributed by atoms with E-state index in [1.165, 1.54) is 6.33 Å². The maximum atomic E-state index is 6.12. The van der Waals surface area contributed by atoms with Gasteiger partial charge >= 0.3 is 0 Å². The molecular formula is C15H14ClN7. The molecule has 0 spiro atoms. The predicted octanol–water partition coefficient (Wildman–Crippen LogP) is 2.86. The Kier molecular flexibility index (Phi) is 4.49. The molecule has 0 radical (unpaired) electrons. The Hall–Kier alpha value is -2.93. The third-order valence-electron chi connectivity index (χ3n) is 3.08. The van der Waals surface area contributed by atoms with Gasteiger partial charge in [0.2, 0.25) is 0 Å². The summed E-state index contributed by atoms with van der Waals surface area (Å²) < 4.78 is 0. The summed E-state index contributed by atoms with van der Waals surface area (Å²) in [6.45, 7) is 0.558. The summed E-state index contributed by atoms with van der Waals surface area (Å²) in [7, 11) is 0. The molecule has 0 bridgehead atoms. The summed E-state index contributed by atoms with van der Waals surface area (Å²) in [4.78, 5) is 16.4. The molecular weight excluding hydrogens is 314 g/mol. The van der Waals surface area contributed by atoms with E-state index >= 15 is 0 Å². The summed E-state index contributed by atoms with van der Waals surface area (Å²) in [6, 6.07) is 7.40. The van der Waals surface area contributed by atoms with Gasteiger partial charge in [-0.2, -0.15) is 0 Å². The minimum atomic E-state index is 0.343. The number of halogens is 1. The van der Waals surface area contributed by atoms with Crippen LogP contribution in [0.2, 0.25) is 5.15 Å². The van der Waals surface area contributed by atoms with Gasteiger partial charge in [0.15, 0.2) is 16.8 Å². The Bertz CT molecular complexity index is 795. The van der Waals surface area contributed by atoms with Crippen LogP contribution in [0.4, 0.5) is 23.0 Å². The lowest BCUT2D eigenvalue weighted by atomic mass is 10.3. The van der Waals surface area contributed by atoms with Crippen LogP contribution < -0.4 is 16.4 Å². The van der Waals surface area contributed by atoms with E-state index in [0.29, 0.717) is 34.7 Å². The Morgan fingerprint density at radius 1 is 1.04 bits per heavy atom. The molecule has 23 heavy (non-hydrogen) atoms. The maximum Gasteiger partial charge on any atom is 0.159 e. The van der Waals surface area contributed by atoms with Crippen molar-refractivity contribution in [3.8, 4) is 0 Å². The van der Waals surface area contributed by atoms with Crippen LogP contribution in [-0.2, 0) is 6.54 Å². The standard InChI is InChI=1S/C15H14ClN7/c16-13-11(4-2-6-19-13)23-15-12(17)14(21-9-22-15)20-8-10-3-1-5-18-7-10/h1-7,9H,8,17H2,(H2,20,21,22,23). The van der Waals surface area contributed by atoms with Gasteiger partial charge in [-0.3, -0.25) is 4.98 Å². The highest BCUT2D eigenvalue weighted by Crippen LogP contribution is 2.28. The first-order valence-electron chi connectivity index (χ1n) is 6.85. The SMILES string of the molecule is Nc1c(NCc2cccnc2)ncnc1Nc1cccnc1Cl. The van der Waals surface area contributed by atoms with Gasteiger partial charge in [0.25, 0.3) is 0 Å². The normalized spacial score (nSPS) is 10.3. The molecule has 3 aromatic heterocycles. The van der Waals surface area contributed by atoms with E-state index in [0.717, 1.165) is 5.56 Å². The molecule has 116 valence electrons. The topological polar surface area (TPSA) is 102 Å². The van der Waals surface area contributed by atoms with E-state index in [9.17, 15) is 0 Å². The van der Waals surface area contributed by atoms with Gasteiger partial charge < -0.3 is 16.4 Å². The van der Waals surface area contributed by atoms with Crippen LogP contribution in [0, 0.1) is 0 Å². The van der Waals surface area contributed by atoms with Crippen molar-refractivity contribution in [3.05, 3.63) is 59.9 Å². The van der Waals surface area contributed by atoms with Crippen molar-refractivity contribution in [1.29, 1.82) is 0 Å². The molecule has 8 heteroatoms. The molecule has 0 unspecified atom stereocenters. The number of nitrogens with zero attached hydrogens (tertiary/aromatic N) is 4. The minimum absolute atomic E-state index is 0.343. The fourth-order valence-corrected chi connectivity index (χ4v) is 2.10. The average Bonchev–Trinajstić information content (AvgIpc) is 2.58. The highest BCUT2D eigenvalue weighted by molar-refractivity contribution is 6.32. The molecule has 0 amide bonds. The van der Waals surface area contributed by atoms with E-state index in [2.05, 4.69) is 30.6 Å². The highest BCUT2D eigenvalue weighted by atomic mass is 35.5. The minimum Gasteiger partial charge on any atom is -0.393 e. The van der Waals surface area contributed by atoms with Crippen molar-refractivity contribution in [2.24, 2.45) is 0 Å². The molecule has 0 aliphatic carbocycles. The van der Waals surface area contributed by atoms with Crippen molar-refractivity contribution in [3.63, 3.8) is 0 Å². The number of nitrogen functional groups attached to an aromatic ring is 1. The second kappa shape index (κ2) is 6.89. The van der Waals surface area contributed by atoms with Crippen LogP contribution in [0.25, 0.3) is 0 Å². The highest BCUT2D eigenvalue weighted by Gasteiger charge is 2.10. The molecule has 0 aliphatic heterocycles. The Balaban J connectivity index is 1.77. The summed E-state index contributed by atoms with van der Waals surface area (Å²) in [5.74, 6) is 0.995. The third-order valence-corrected chi connectivity index (χ3v) is 3.38. The Labute approximate surface area is 138 Å². The van der Waals surface area contributed by atoms with E-state index < -0.39 is 0 Å². The number of rotatable bonds is 5. The molecule has 0 saturated carbocycles. The van der Waals surface area contributed by atoms with Gasteiger partial charge in [-0.25, -0.2) is 15.0 Å². The molecule has 7 nitrogen and oxygen atoms in total. The molecule has 0 fully saturated rings. The van der Waals surface area contributed by atoms with Gasteiger partial charge in [0, 0.05) is 25.1 Å². The molecule has 3 heterocycles.